The molecule has 96 valence electrons. The van der Waals surface area contributed by atoms with E-state index in [0.29, 0.717) is 15.8 Å². The Balaban J connectivity index is 1.96. The fourth-order valence-corrected chi connectivity index (χ4v) is 3.27. The maximum atomic E-state index is 13.7. The molecule has 19 heavy (non-hydrogen) atoms. The highest BCUT2D eigenvalue weighted by Gasteiger charge is 2.07. The number of hydrogen-bond acceptors (Lipinski definition) is 3. The molecule has 2 aromatic carbocycles. The van der Waals surface area contributed by atoms with Gasteiger partial charge in [0.25, 0.3) is 0 Å². The Morgan fingerprint density at radius 2 is 2.05 bits per heavy atom. The van der Waals surface area contributed by atoms with E-state index in [1.54, 1.807) is 12.1 Å². The number of hydrogen-bond donors (Lipinski definition) is 1. The molecule has 0 saturated heterocycles. The third-order valence-electron chi connectivity index (χ3n) is 2.52. The number of aromatic nitrogens is 1. The van der Waals surface area contributed by atoms with Crippen LogP contribution in [0.5, 0.6) is 0 Å². The zero-order valence-electron chi connectivity index (χ0n) is 9.45. The van der Waals surface area contributed by atoms with E-state index in [2.05, 4.69) is 32.9 Å². The van der Waals surface area contributed by atoms with Crippen molar-refractivity contribution in [1.29, 1.82) is 0 Å². The number of rotatable bonds is 2. The summed E-state index contributed by atoms with van der Waals surface area (Å²) in [5.41, 5.74) is 1.27. The van der Waals surface area contributed by atoms with E-state index >= 15 is 0 Å². The highest BCUT2D eigenvalue weighted by molar-refractivity contribution is 14.1. The first kappa shape index (κ1) is 13.1. The van der Waals surface area contributed by atoms with Gasteiger partial charge in [-0.05, 0) is 59.0 Å². The molecule has 0 fully saturated rings. The third-order valence-corrected chi connectivity index (χ3v) is 4.36. The van der Waals surface area contributed by atoms with Gasteiger partial charge in [-0.1, -0.05) is 22.9 Å². The zero-order valence-corrected chi connectivity index (χ0v) is 13.2. The van der Waals surface area contributed by atoms with Gasteiger partial charge in [0.05, 0.1) is 15.9 Å². The number of nitrogens with zero attached hydrogens (tertiary/aromatic N) is 1. The Bertz CT molecular complexity index is 759. The van der Waals surface area contributed by atoms with Gasteiger partial charge in [-0.15, -0.1) is 0 Å². The average Bonchev–Trinajstić information content (AvgIpc) is 2.74. The largest absolute Gasteiger partial charge is 0.329 e. The van der Waals surface area contributed by atoms with Crippen molar-refractivity contribution in [3.8, 4) is 0 Å². The van der Waals surface area contributed by atoms with Crippen molar-refractivity contribution in [1.82, 2.24) is 4.98 Å². The second-order valence-corrected chi connectivity index (χ2v) is 6.59. The van der Waals surface area contributed by atoms with Crippen LogP contribution in [0.25, 0.3) is 10.2 Å². The van der Waals surface area contributed by atoms with Gasteiger partial charge in [0, 0.05) is 8.59 Å². The lowest BCUT2D eigenvalue weighted by Crippen LogP contribution is -1.93. The van der Waals surface area contributed by atoms with Gasteiger partial charge in [0.15, 0.2) is 5.13 Å². The Hall–Kier alpha value is -0.920. The van der Waals surface area contributed by atoms with Crippen LogP contribution >= 0.6 is 45.5 Å². The van der Waals surface area contributed by atoms with Gasteiger partial charge in [0.1, 0.15) is 5.82 Å². The van der Waals surface area contributed by atoms with Crippen molar-refractivity contribution in [3.05, 3.63) is 50.8 Å². The van der Waals surface area contributed by atoms with Crippen molar-refractivity contribution < 1.29 is 4.39 Å². The first-order valence-corrected chi connectivity index (χ1v) is 7.67. The van der Waals surface area contributed by atoms with Crippen molar-refractivity contribution >= 4 is 66.6 Å². The standard InChI is InChI=1S/C13H7ClFIN2S/c14-7-1-3-11-12(5-7)19-13(18-11)17-10-4-2-8(16)6-9(10)15/h1-6H,(H,17,18). The minimum atomic E-state index is -0.288. The molecular formula is C13H7ClFIN2S. The van der Waals surface area contributed by atoms with Crippen molar-refractivity contribution in [3.63, 3.8) is 0 Å². The van der Waals surface area contributed by atoms with Gasteiger partial charge < -0.3 is 5.32 Å². The number of benzene rings is 2. The summed E-state index contributed by atoms with van der Waals surface area (Å²) < 4.78 is 15.6. The molecule has 0 unspecified atom stereocenters. The lowest BCUT2D eigenvalue weighted by atomic mass is 10.3. The fraction of sp³-hybridized carbons (Fsp3) is 0. The van der Waals surface area contributed by atoms with E-state index in [1.807, 2.05) is 18.2 Å². The molecule has 0 aliphatic rings. The van der Waals surface area contributed by atoms with Gasteiger partial charge in [-0.2, -0.15) is 0 Å². The number of halogens is 3. The van der Waals surface area contributed by atoms with Crippen LogP contribution in [0, 0.1) is 9.39 Å². The van der Waals surface area contributed by atoms with Crippen LogP contribution in [0.2, 0.25) is 5.02 Å². The third kappa shape index (κ3) is 2.82. The quantitative estimate of drug-likeness (QED) is 0.576. The molecule has 0 radical (unpaired) electrons. The maximum absolute atomic E-state index is 13.7. The molecule has 2 nitrogen and oxygen atoms in total. The van der Waals surface area contributed by atoms with Gasteiger partial charge in [0.2, 0.25) is 0 Å². The average molecular weight is 405 g/mol. The number of anilines is 2. The molecule has 0 aliphatic carbocycles. The van der Waals surface area contributed by atoms with E-state index in [1.165, 1.54) is 17.4 Å². The molecule has 1 aromatic heterocycles. The first-order valence-electron chi connectivity index (χ1n) is 5.40. The second-order valence-electron chi connectivity index (χ2n) is 3.88. The van der Waals surface area contributed by atoms with Crippen LogP contribution in [-0.4, -0.2) is 4.98 Å². The minimum absolute atomic E-state index is 0.288. The molecule has 3 rings (SSSR count). The highest BCUT2D eigenvalue weighted by atomic mass is 127. The molecule has 6 heteroatoms. The molecule has 0 bridgehead atoms. The van der Waals surface area contributed by atoms with E-state index in [-0.39, 0.29) is 5.82 Å². The van der Waals surface area contributed by atoms with E-state index < -0.39 is 0 Å². The Kier molecular flexibility index (Phi) is 3.60. The molecule has 0 atom stereocenters. The highest BCUT2D eigenvalue weighted by Crippen LogP contribution is 2.31. The lowest BCUT2D eigenvalue weighted by molar-refractivity contribution is 0.631. The summed E-state index contributed by atoms with van der Waals surface area (Å²) >= 11 is 9.45. The minimum Gasteiger partial charge on any atom is -0.329 e. The Morgan fingerprint density at radius 1 is 1.21 bits per heavy atom. The molecule has 0 aliphatic heterocycles. The van der Waals surface area contributed by atoms with Crippen molar-refractivity contribution in [2.45, 2.75) is 0 Å². The molecule has 3 aromatic rings. The predicted octanol–water partition coefficient (Wildman–Crippen LogP) is 5.44. The summed E-state index contributed by atoms with van der Waals surface area (Å²) in [5.74, 6) is -0.288. The van der Waals surface area contributed by atoms with Crippen LogP contribution in [0.1, 0.15) is 0 Å². The molecule has 1 heterocycles. The molecule has 0 amide bonds. The zero-order chi connectivity index (χ0) is 13.4. The van der Waals surface area contributed by atoms with Crippen LogP contribution in [0.3, 0.4) is 0 Å². The van der Waals surface area contributed by atoms with Gasteiger partial charge in [-0.3, -0.25) is 0 Å². The monoisotopic (exact) mass is 404 g/mol. The normalized spacial score (nSPS) is 10.9. The number of fused-ring (bicyclic) bond motifs is 1. The Morgan fingerprint density at radius 3 is 2.84 bits per heavy atom. The van der Waals surface area contributed by atoms with E-state index in [4.69, 9.17) is 11.6 Å². The van der Waals surface area contributed by atoms with Gasteiger partial charge >= 0.3 is 0 Å². The Labute approximate surface area is 131 Å². The molecule has 0 spiro atoms. The van der Waals surface area contributed by atoms with E-state index in [0.717, 1.165) is 13.8 Å². The number of thiazole rings is 1. The summed E-state index contributed by atoms with van der Waals surface area (Å²) in [7, 11) is 0. The van der Waals surface area contributed by atoms with Gasteiger partial charge in [-0.25, -0.2) is 9.37 Å². The van der Waals surface area contributed by atoms with E-state index in [9.17, 15) is 4.39 Å². The fourth-order valence-electron chi connectivity index (χ4n) is 1.66. The summed E-state index contributed by atoms with van der Waals surface area (Å²) in [5, 5.41) is 4.31. The topological polar surface area (TPSA) is 24.9 Å². The summed E-state index contributed by atoms with van der Waals surface area (Å²) in [6.45, 7) is 0. The smallest absolute Gasteiger partial charge is 0.188 e. The van der Waals surface area contributed by atoms with Crippen LogP contribution in [0.15, 0.2) is 36.4 Å². The summed E-state index contributed by atoms with van der Waals surface area (Å²) in [6.07, 6.45) is 0. The molecular weight excluding hydrogens is 398 g/mol. The lowest BCUT2D eigenvalue weighted by Gasteiger charge is -2.03. The predicted molar refractivity (Wildman–Crippen MR) is 87.0 cm³/mol. The van der Waals surface area contributed by atoms with Crippen molar-refractivity contribution in [2.75, 3.05) is 5.32 Å². The van der Waals surface area contributed by atoms with Crippen LogP contribution in [0.4, 0.5) is 15.2 Å². The SMILES string of the molecule is Fc1cc(I)ccc1Nc1nc2ccc(Cl)cc2s1. The first-order chi connectivity index (χ1) is 9.11. The number of nitrogens with one attached hydrogen (secondary N) is 1. The molecule has 1 N–H and O–H groups in total. The van der Waals surface area contributed by atoms with Crippen LogP contribution < -0.4 is 5.32 Å². The molecule has 0 saturated carbocycles. The maximum Gasteiger partial charge on any atom is 0.188 e. The summed E-state index contributed by atoms with van der Waals surface area (Å²) in [4.78, 5) is 4.39. The second kappa shape index (κ2) is 5.22. The van der Waals surface area contributed by atoms with Crippen LogP contribution in [-0.2, 0) is 0 Å². The van der Waals surface area contributed by atoms with Crippen molar-refractivity contribution in [2.24, 2.45) is 0 Å². The summed E-state index contributed by atoms with van der Waals surface area (Å²) in [6, 6.07) is 10.5.